The number of amides is 1. The minimum Gasteiger partial charge on any atom is -0.343 e. The minimum absolute atomic E-state index is 0.00602. The number of rotatable bonds is 7. The van der Waals surface area contributed by atoms with Crippen LogP contribution in [-0.2, 0) is 14.8 Å². The van der Waals surface area contributed by atoms with Gasteiger partial charge in [0.2, 0.25) is 5.91 Å². The van der Waals surface area contributed by atoms with Crippen molar-refractivity contribution < 1.29 is 13.2 Å². The van der Waals surface area contributed by atoms with Crippen molar-refractivity contribution >= 4 is 21.8 Å². The predicted octanol–water partition coefficient (Wildman–Crippen LogP) is 1.69. The second-order valence-electron chi connectivity index (χ2n) is 7.72. The average Bonchev–Trinajstić information content (AvgIpc) is 3.29. The Morgan fingerprint density at radius 3 is 2.64 bits per heavy atom. The Kier molecular flexibility index (Phi) is 6.40. The summed E-state index contributed by atoms with van der Waals surface area (Å²) in [6.07, 6.45) is 3.22. The van der Waals surface area contributed by atoms with E-state index >= 15 is 0 Å². The summed E-state index contributed by atoms with van der Waals surface area (Å²) in [6, 6.07) is 6.13. The number of amidine groups is 1. The lowest BCUT2D eigenvalue weighted by Crippen LogP contribution is -2.43. The van der Waals surface area contributed by atoms with Crippen molar-refractivity contribution in [3.63, 3.8) is 0 Å². The van der Waals surface area contributed by atoms with Crippen molar-refractivity contribution in [2.24, 2.45) is 10.9 Å². The van der Waals surface area contributed by atoms with Gasteiger partial charge in [-0.15, -0.1) is 0 Å². The summed E-state index contributed by atoms with van der Waals surface area (Å²) in [5.74, 6) is 0.207. The Morgan fingerprint density at radius 2 is 1.96 bits per heavy atom. The summed E-state index contributed by atoms with van der Waals surface area (Å²) < 4.78 is 27.2. The van der Waals surface area contributed by atoms with Gasteiger partial charge in [-0.3, -0.25) is 14.5 Å². The molecule has 0 bridgehead atoms. The van der Waals surface area contributed by atoms with E-state index in [0.29, 0.717) is 12.1 Å². The molecule has 2 aliphatic heterocycles. The first-order chi connectivity index (χ1) is 13.3. The highest BCUT2D eigenvalue weighted by Gasteiger charge is 2.33. The fourth-order valence-electron chi connectivity index (χ4n) is 3.65. The third-order valence-corrected chi connectivity index (χ3v) is 7.09. The van der Waals surface area contributed by atoms with Gasteiger partial charge >= 0.3 is 0 Å². The zero-order valence-electron chi connectivity index (χ0n) is 16.9. The number of aliphatic imine (C=N–C) groups is 1. The zero-order valence-corrected chi connectivity index (χ0v) is 17.7. The van der Waals surface area contributed by atoms with E-state index in [-0.39, 0.29) is 22.6 Å². The maximum atomic E-state index is 13.1. The largest absolute Gasteiger partial charge is 0.343 e. The van der Waals surface area contributed by atoms with E-state index < -0.39 is 16.1 Å². The number of carbonyl (C=O) groups is 1. The van der Waals surface area contributed by atoms with Crippen molar-refractivity contribution in [1.82, 2.24) is 14.5 Å². The maximum Gasteiger partial charge on any atom is 0.263 e. The lowest BCUT2D eigenvalue weighted by Gasteiger charge is -2.27. The van der Waals surface area contributed by atoms with E-state index in [9.17, 15) is 13.2 Å². The number of nitrogens with zero attached hydrogens (tertiary/aromatic N) is 3. The second kappa shape index (κ2) is 8.61. The lowest BCUT2D eigenvalue weighted by atomic mass is 9.98. The summed E-state index contributed by atoms with van der Waals surface area (Å²) in [7, 11) is -1.81. The molecule has 2 atom stereocenters. The molecule has 1 fully saturated rings. The van der Waals surface area contributed by atoms with Gasteiger partial charge in [0.1, 0.15) is 11.9 Å². The number of nitrogens with one attached hydrogen (secondary N) is 1. The Bertz CT molecular complexity index is 847. The van der Waals surface area contributed by atoms with Gasteiger partial charge in [0.15, 0.2) is 0 Å². The minimum atomic E-state index is -3.61. The molecule has 0 aromatic heterocycles. The van der Waals surface area contributed by atoms with Gasteiger partial charge in [-0.05, 0) is 44.0 Å². The van der Waals surface area contributed by atoms with E-state index in [0.717, 1.165) is 26.1 Å². The fraction of sp³-hybridized carbons (Fsp3) is 0.600. The molecule has 0 saturated carbocycles. The highest BCUT2D eigenvalue weighted by atomic mass is 32.2. The molecule has 1 aromatic carbocycles. The summed E-state index contributed by atoms with van der Waals surface area (Å²) in [5, 5.41) is 0. The standard InChI is InChI=1S/C20H30N4O3S/c1-4-15(2)18(20(25)23(3)13-14-24-11-7-8-12-24)21-19-16-9-5-6-10-17(16)28(26,27)22-19/h5-6,9-10,15,18H,4,7-8,11-14H2,1-3H3,(H,21,22)/t15-,18-/m0/s1. The number of likely N-dealkylation sites (tertiary alicyclic amines) is 1. The van der Waals surface area contributed by atoms with Crippen LogP contribution in [0.3, 0.4) is 0 Å². The van der Waals surface area contributed by atoms with Gasteiger partial charge in [-0.2, -0.15) is 0 Å². The van der Waals surface area contributed by atoms with Gasteiger partial charge < -0.3 is 9.80 Å². The molecule has 2 heterocycles. The summed E-state index contributed by atoms with van der Waals surface area (Å²) in [5.41, 5.74) is 0.531. The fourth-order valence-corrected chi connectivity index (χ4v) is 4.89. The first-order valence-electron chi connectivity index (χ1n) is 10.0. The molecule has 0 unspecified atom stereocenters. The van der Waals surface area contributed by atoms with Crippen LogP contribution in [-0.4, -0.2) is 69.2 Å². The third kappa shape index (κ3) is 4.38. The van der Waals surface area contributed by atoms with E-state index in [4.69, 9.17) is 0 Å². The molecule has 7 nitrogen and oxygen atoms in total. The predicted molar refractivity (Wildman–Crippen MR) is 110 cm³/mol. The van der Waals surface area contributed by atoms with Crippen LogP contribution in [0.25, 0.3) is 0 Å². The van der Waals surface area contributed by atoms with Crippen molar-refractivity contribution in [2.75, 3.05) is 33.2 Å². The second-order valence-corrected chi connectivity index (χ2v) is 9.37. The third-order valence-electron chi connectivity index (χ3n) is 5.69. The molecule has 1 N–H and O–H groups in total. The number of sulfonamides is 1. The van der Waals surface area contributed by atoms with Crippen LogP contribution < -0.4 is 4.72 Å². The molecule has 0 aliphatic carbocycles. The van der Waals surface area contributed by atoms with E-state index in [2.05, 4.69) is 14.6 Å². The average molecular weight is 407 g/mol. The molecule has 3 rings (SSSR count). The molecule has 8 heteroatoms. The van der Waals surface area contributed by atoms with Crippen molar-refractivity contribution in [2.45, 2.75) is 44.0 Å². The summed E-state index contributed by atoms with van der Waals surface area (Å²) in [4.78, 5) is 22.1. The van der Waals surface area contributed by atoms with Crippen molar-refractivity contribution in [3.8, 4) is 0 Å². The molecule has 0 spiro atoms. The molecule has 1 saturated heterocycles. The van der Waals surface area contributed by atoms with Crippen LogP contribution in [0, 0.1) is 5.92 Å². The molecule has 28 heavy (non-hydrogen) atoms. The van der Waals surface area contributed by atoms with Crippen LogP contribution in [0.5, 0.6) is 0 Å². The number of fused-ring (bicyclic) bond motifs is 1. The van der Waals surface area contributed by atoms with Gasteiger partial charge in [-0.1, -0.05) is 32.4 Å². The topological polar surface area (TPSA) is 82.1 Å². The maximum absolute atomic E-state index is 13.1. The van der Waals surface area contributed by atoms with E-state index in [1.165, 1.54) is 12.8 Å². The highest BCUT2D eigenvalue weighted by Crippen LogP contribution is 2.24. The smallest absolute Gasteiger partial charge is 0.263 e. The Morgan fingerprint density at radius 1 is 1.29 bits per heavy atom. The highest BCUT2D eigenvalue weighted by molar-refractivity contribution is 7.90. The number of hydrogen-bond acceptors (Lipinski definition) is 5. The lowest BCUT2D eigenvalue weighted by molar-refractivity contribution is -0.132. The van der Waals surface area contributed by atoms with Crippen molar-refractivity contribution in [1.29, 1.82) is 0 Å². The van der Waals surface area contributed by atoms with Crippen LogP contribution in [0.15, 0.2) is 34.2 Å². The Labute approximate surface area is 167 Å². The van der Waals surface area contributed by atoms with Crippen LogP contribution in [0.4, 0.5) is 0 Å². The quantitative estimate of drug-likeness (QED) is 0.747. The normalized spacial score (nSPS) is 21.9. The van der Waals surface area contributed by atoms with Gasteiger partial charge in [0.25, 0.3) is 10.0 Å². The van der Waals surface area contributed by atoms with Crippen LogP contribution >= 0.6 is 0 Å². The van der Waals surface area contributed by atoms with E-state index in [1.807, 2.05) is 13.8 Å². The number of benzene rings is 1. The SMILES string of the molecule is CC[C@H](C)[C@H](N=C1NS(=O)(=O)c2ccccc21)C(=O)N(C)CCN1CCCC1. The molecule has 154 valence electrons. The van der Waals surface area contributed by atoms with E-state index in [1.54, 1.807) is 36.2 Å². The Balaban J connectivity index is 1.80. The Hall–Kier alpha value is -1.93. The van der Waals surface area contributed by atoms with Crippen LogP contribution in [0.2, 0.25) is 0 Å². The number of likely N-dealkylation sites (N-methyl/N-ethyl adjacent to an activating group) is 1. The zero-order chi connectivity index (χ0) is 20.3. The monoisotopic (exact) mass is 406 g/mol. The first-order valence-corrected chi connectivity index (χ1v) is 11.5. The number of carbonyl (C=O) groups excluding carboxylic acids is 1. The number of hydrogen-bond donors (Lipinski definition) is 1. The first kappa shape index (κ1) is 20.8. The van der Waals surface area contributed by atoms with Gasteiger partial charge in [-0.25, -0.2) is 8.42 Å². The van der Waals surface area contributed by atoms with Gasteiger partial charge in [0, 0.05) is 25.7 Å². The molecule has 2 aliphatic rings. The summed E-state index contributed by atoms with van der Waals surface area (Å²) >= 11 is 0. The van der Waals surface area contributed by atoms with Gasteiger partial charge in [0.05, 0.1) is 4.90 Å². The molecular weight excluding hydrogens is 376 g/mol. The van der Waals surface area contributed by atoms with Crippen molar-refractivity contribution in [3.05, 3.63) is 29.8 Å². The molecular formula is C20H30N4O3S. The summed E-state index contributed by atoms with van der Waals surface area (Å²) in [6.45, 7) is 7.70. The molecule has 0 radical (unpaired) electrons. The van der Waals surface area contributed by atoms with Crippen LogP contribution in [0.1, 0.15) is 38.7 Å². The molecule has 1 aromatic rings. The molecule has 1 amide bonds.